The summed E-state index contributed by atoms with van der Waals surface area (Å²) in [5.41, 5.74) is 1.27. The van der Waals surface area contributed by atoms with Crippen molar-refractivity contribution in [3.63, 3.8) is 0 Å². The Labute approximate surface area is 176 Å². The molecule has 158 valence electrons. The normalized spacial score (nSPS) is 12.2. The summed E-state index contributed by atoms with van der Waals surface area (Å²) in [5, 5.41) is 2.95. The zero-order valence-corrected chi connectivity index (χ0v) is 18.4. The number of carbonyl (C=O) groups excluding carboxylic acids is 1. The van der Waals surface area contributed by atoms with Crippen molar-refractivity contribution in [1.29, 1.82) is 0 Å². The maximum Gasteiger partial charge on any atom is 0.243 e. The van der Waals surface area contributed by atoms with Crippen LogP contribution in [0.2, 0.25) is 5.02 Å². The van der Waals surface area contributed by atoms with Gasteiger partial charge in [0, 0.05) is 0 Å². The van der Waals surface area contributed by atoms with Crippen LogP contribution in [0.1, 0.15) is 12.5 Å². The minimum absolute atomic E-state index is 0.235. The number of anilines is 1. The second kappa shape index (κ2) is 9.84. The van der Waals surface area contributed by atoms with Crippen molar-refractivity contribution in [3.8, 4) is 11.5 Å². The van der Waals surface area contributed by atoms with Gasteiger partial charge in [-0.25, -0.2) is 8.42 Å². The van der Waals surface area contributed by atoms with Gasteiger partial charge in [-0.2, -0.15) is 0 Å². The van der Waals surface area contributed by atoms with Gasteiger partial charge in [0.25, 0.3) is 0 Å². The zero-order chi connectivity index (χ0) is 21.6. The van der Waals surface area contributed by atoms with Crippen molar-refractivity contribution in [2.75, 3.05) is 30.8 Å². The molecule has 0 bridgehead atoms. The molecular formula is C20H25ClN2O5S. The van der Waals surface area contributed by atoms with Gasteiger partial charge in [0.05, 0.1) is 30.6 Å². The van der Waals surface area contributed by atoms with E-state index in [9.17, 15) is 13.2 Å². The smallest absolute Gasteiger partial charge is 0.243 e. The first-order valence-corrected chi connectivity index (χ1v) is 11.2. The van der Waals surface area contributed by atoms with E-state index in [1.807, 2.05) is 31.2 Å². The van der Waals surface area contributed by atoms with Crippen molar-refractivity contribution < 1.29 is 22.7 Å². The van der Waals surface area contributed by atoms with Crippen molar-refractivity contribution >= 4 is 33.2 Å². The van der Waals surface area contributed by atoms with Crippen LogP contribution in [-0.4, -0.2) is 46.9 Å². The Morgan fingerprint density at radius 2 is 1.90 bits per heavy atom. The van der Waals surface area contributed by atoms with Crippen LogP contribution < -0.4 is 19.1 Å². The molecule has 0 aliphatic heterocycles. The summed E-state index contributed by atoms with van der Waals surface area (Å²) in [6.07, 6.45) is 1.04. The van der Waals surface area contributed by atoms with Crippen LogP contribution in [0.4, 0.5) is 5.69 Å². The topological polar surface area (TPSA) is 84.9 Å². The predicted octanol–water partition coefficient (Wildman–Crippen LogP) is 3.01. The number of hydrogen-bond acceptors (Lipinski definition) is 5. The summed E-state index contributed by atoms with van der Waals surface area (Å²) in [6.45, 7) is 3.94. The monoisotopic (exact) mass is 440 g/mol. The van der Waals surface area contributed by atoms with Gasteiger partial charge in [-0.05, 0) is 43.7 Å². The molecule has 9 heteroatoms. The van der Waals surface area contributed by atoms with E-state index < -0.39 is 22.0 Å². The number of nitrogens with zero attached hydrogens (tertiary/aromatic N) is 1. The lowest BCUT2D eigenvalue weighted by atomic mass is 10.2. The second-order valence-corrected chi connectivity index (χ2v) is 8.73. The summed E-state index contributed by atoms with van der Waals surface area (Å²) in [5.74, 6) is 0.700. The molecule has 0 aromatic heterocycles. The lowest BCUT2D eigenvalue weighted by Gasteiger charge is -2.28. The summed E-state index contributed by atoms with van der Waals surface area (Å²) in [7, 11) is -2.27. The molecule has 7 nitrogen and oxygen atoms in total. The van der Waals surface area contributed by atoms with E-state index in [1.54, 1.807) is 6.07 Å². The maximum absolute atomic E-state index is 12.6. The van der Waals surface area contributed by atoms with Crippen LogP contribution in [0.3, 0.4) is 0 Å². The van der Waals surface area contributed by atoms with Gasteiger partial charge in [0.1, 0.15) is 24.1 Å². The first-order valence-electron chi connectivity index (χ1n) is 8.94. The third-order valence-corrected chi connectivity index (χ3v) is 5.77. The highest BCUT2D eigenvalue weighted by atomic mass is 35.5. The summed E-state index contributed by atoms with van der Waals surface area (Å²) in [6, 6.07) is 11.1. The Bertz CT molecular complexity index is 965. The SMILES string of the molecule is COc1ccc(N([C@H](C)C(=O)NCCOc2ccccc2C)S(C)(=O)=O)cc1Cl. The van der Waals surface area contributed by atoms with Crippen LogP contribution in [0.15, 0.2) is 42.5 Å². The molecule has 2 rings (SSSR count). The third kappa shape index (κ3) is 6.01. The average Bonchev–Trinajstić information content (AvgIpc) is 2.65. The predicted molar refractivity (Wildman–Crippen MR) is 114 cm³/mol. The van der Waals surface area contributed by atoms with Crippen molar-refractivity contribution in [1.82, 2.24) is 5.32 Å². The molecular weight excluding hydrogens is 416 g/mol. The molecule has 29 heavy (non-hydrogen) atoms. The van der Waals surface area contributed by atoms with E-state index in [2.05, 4.69) is 5.32 Å². The number of benzene rings is 2. The molecule has 0 aliphatic carbocycles. The number of rotatable bonds is 9. The number of hydrogen-bond donors (Lipinski definition) is 1. The molecule has 1 atom stereocenters. The van der Waals surface area contributed by atoms with Gasteiger partial charge in [0.15, 0.2) is 0 Å². The number of aryl methyl sites for hydroxylation is 1. The Morgan fingerprint density at radius 1 is 1.21 bits per heavy atom. The number of para-hydroxylation sites is 1. The highest BCUT2D eigenvalue weighted by Gasteiger charge is 2.29. The van der Waals surface area contributed by atoms with Crippen molar-refractivity contribution in [2.45, 2.75) is 19.9 Å². The Morgan fingerprint density at radius 3 is 2.48 bits per heavy atom. The molecule has 0 saturated carbocycles. The molecule has 0 unspecified atom stereocenters. The minimum atomic E-state index is -3.74. The number of halogens is 1. The number of methoxy groups -OCH3 is 1. The lowest BCUT2D eigenvalue weighted by molar-refractivity contribution is -0.121. The summed E-state index contributed by atoms with van der Waals surface area (Å²) < 4.78 is 36.4. The number of nitrogens with one attached hydrogen (secondary N) is 1. The molecule has 2 aromatic carbocycles. The largest absolute Gasteiger partial charge is 0.495 e. The average molecular weight is 441 g/mol. The van der Waals surface area contributed by atoms with Gasteiger partial charge < -0.3 is 14.8 Å². The molecule has 0 fully saturated rings. The van der Waals surface area contributed by atoms with Gasteiger partial charge >= 0.3 is 0 Å². The van der Waals surface area contributed by atoms with E-state index in [0.717, 1.165) is 21.9 Å². The standard InChI is InChI=1S/C20H25ClN2O5S/c1-14-7-5-6-8-18(14)28-12-11-22-20(24)15(2)23(29(4,25)26)16-9-10-19(27-3)17(21)13-16/h5-10,13,15H,11-12H2,1-4H3,(H,22,24)/t15-/m1/s1. The van der Waals surface area contributed by atoms with Crippen LogP contribution in [0, 0.1) is 6.92 Å². The Balaban J connectivity index is 2.05. The summed E-state index contributed by atoms with van der Waals surface area (Å²) >= 11 is 6.12. The molecule has 2 aromatic rings. The van der Waals surface area contributed by atoms with E-state index in [1.165, 1.54) is 26.2 Å². The fraction of sp³-hybridized carbons (Fsp3) is 0.350. The molecule has 0 spiro atoms. The molecule has 0 radical (unpaired) electrons. The van der Waals surface area contributed by atoms with Gasteiger partial charge in [-0.15, -0.1) is 0 Å². The molecule has 1 amide bonds. The van der Waals surface area contributed by atoms with E-state index >= 15 is 0 Å². The number of amides is 1. The third-order valence-electron chi connectivity index (χ3n) is 4.23. The second-order valence-electron chi connectivity index (χ2n) is 6.46. The van der Waals surface area contributed by atoms with Crippen molar-refractivity contribution in [2.24, 2.45) is 0 Å². The summed E-state index contributed by atoms with van der Waals surface area (Å²) in [4.78, 5) is 12.6. The van der Waals surface area contributed by atoms with Crippen molar-refractivity contribution in [3.05, 3.63) is 53.1 Å². The number of carbonyl (C=O) groups is 1. The molecule has 1 N–H and O–H groups in total. The van der Waals surface area contributed by atoms with E-state index in [0.29, 0.717) is 5.75 Å². The van der Waals surface area contributed by atoms with Gasteiger partial charge in [-0.1, -0.05) is 29.8 Å². The highest BCUT2D eigenvalue weighted by Crippen LogP contribution is 2.31. The van der Waals surface area contributed by atoms with Crippen LogP contribution in [0.5, 0.6) is 11.5 Å². The lowest BCUT2D eigenvalue weighted by Crippen LogP contribution is -2.48. The van der Waals surface area contributed by atoms with E-state index in [-0.39, 0.29) is 23.9 Å². The number of sulfonamides is 1. The van der Waals surface area contributed by atoms with Gasteiger partial charge in [0.2, 0.25) is 15.9 Å². The van der Waals surface area contributed by atoms with Crippen LogP contribution >= 0.6 is 11.6 Å². The fourth-order valence-corrected chi connectivity index (χ4v) is 4.22. The quantitative estimate of drug-likeness (QED) is 0.606. The van der Waals surface area contributed by atoms with E-state index in [4.69, 9.17) is 21.1 Å². The molecule has 0 saturated heterocycles. The fourth-order valence-electron chi connectivity index (χ4n) is 2.80. The first kappa shape index (κ1) is 22.8. The number of ether oxygens (including phenoxy) is 2. The maximum atomic E-state index is 12.6. The van der Waals surface area contributed by atoms with Crippen LogP contribution in [0.25, 0.3) is 0 Å². The zero-order valence-electron chi connectivity index (χ0n) is 16.8. The van der Waals surface area contributed by atoms with Crippen LogP contribution in [-0.2, 0) is 14.8 Å². The molecule has 0 heterocycles. The molecule has 0 aliphatic rings. The Hall–Kier alpha value is -2.45. The van der Waals surface area contributed by atoms with Gasteiger partial charge in [-0.3, -0.25) is 9.10 Å². The minimum Gasteiger partial charge on any atom is -0.495 e. The first-order chi connectivity index (χ1) is 13.6. The Kier molecular flexibility index (Phi) is 7.75. The highest BCUT2D eigenvalue weighted by molar-refractivity contribution is 7.92.